The molecule has 4 rings (SSSR count). The first-order chi connectivity index (χ1) is 18.9. The molecule has 228 valence electrons. The number of anilines is 2. The van der Waals surface area contributed by atoms with E-state index in [2.05, 4.69) is 20.7 Å². The molecule has 43 heavy (non-hydrogen) atoms. The third-order valence-corrected chi connectivity index (χ3v) is 6.75. The van der Waals surface area contributed by atoms with E-state index in [1.807, 2.05) is 0 Å². The fourth-order valence-electron chi connectivity index (χ4n) is 4.31. The summed E-state index contributed by atoms with van der Waals surface area (Å²) in [6.07, 6.45) is -4.07. The predicted molar refractivity (Wildman–Crippen MR) is 148 cm³/mol. The van der Waals surface area contributed by atoms with E-state index in [1.54, 1.807) is 24.3 Å². The van der Waals surface area contributed by atoms with Gasteiger partial charge in [-0.2, -0.15) is 0 Å². The smallest absolute Gasteiger partial charge is 0.870 e. The molecule has 0 spiro atoms. The summed E-state index contributed by atoms with van der Waals surface area (Å²) in [6.45, 7) is 0.753. The Bertz CT molecular complexity index is 1440. The maximum absolute atomic E-state index is 13.3. The Morgan fingerprint density at radius 1 is 0.977 bits per heavy atom. The molecule has 1 heterocycles. The number of hydrogen-bond acceptors (Lipinski definition) is 6. The first kappa shape index (κ1) is 37.8. The molecule has 1 fully saturated rings. The number of ether oxygens (including phenoxy) is 2. The molecule has 3 aromatic rings. The van der Waals surface area contributed by atoms with E-state index >= 15 is 0 Å². The molecule has 0 saturated carbocycles. The number of benzene rings is 3. The molecule has 0 radical (unpaired) electrons. The average Bonchev–Trinajstić information content (AvgIpc) is 2.88. The zero-order valence-corrected chi connectivity index (χ0v) is 23.9. The van der Waals surface area contributed by atoms with Gasteiger partial charge in [-0.3, -0.25) is 4.79 Å². The van der Waals surface area contributed by atoms with Crippen LogP contribution in [0.5, 0.6) is 5.75 Å². The van der Waals surface area contributed by atoms with Crippen molar-refractivity contribution in [3.8, 4) is 5.75 Å². The van der Waals surface area contributed by atoms with Crippen LogP contribution in [0.1, 0.15) is 23.2 Å². The summed E-state index contributed by atoms with van der Waals surface area (Å²) in [7, 11) is 0. The molecule has 1 aliphatic heterocycles. The van der Waals surface area contributed by atoms with Crippen LogP contribution in [0.3, 0.4) is 0 Å². The van der Waals surface area contributed by atoms with Crippen molar-refractivity contribution in [1.29, 1.82) is 0 Å². The summed E-state index contributed by atoms with van der Waals surface area (Å²) in [6, 6.07) is 9.58. The van der Waals surface area contributed by atoms with Crippen LogP contribution in [0.4, 0.5) is 29.3 Å². The van der Waals surface area contributed by atoms with Gasteiger partial charge in [0.2, 0.25) is 0 Å². The fraction of sp³-hybridized carbons (Fsp3) is 0.269. The number of carbonyl (C=O) groups is 3. The van der Waals surface area contributed by atoms with E-state index in [4.69, 9.17) is 27.9 Å². The number of carbonyl (C=O) groups excluding carboxylic acids is 2. The van der Waals surface area contributed by atoms with Crippen molar-refractivity contribution < 1.29 is 71.9 Å². The number of carboxylic acids is 1. The van der Waals surface area contributed by atoms with Gasteiger partial charge in [-0.05, 0) is 41.7 Å². The number of carboxylic acid groups (broad SMARTS) is 1. The van der Waals surface area contributed by atoms with Gasteiger partial charge in [-0.25, -0.2) is 9.59 Å². The number of fused-ring (bicyclic) bond motifs is 1. The minimum Gasteiger partial charge on any atom is -0.870 e. The second-order valence-corrected chi connectivity index (χ2v) is 9.69. The molecule has 1 atom stereocenters. The SMILES string of the molecule is O.O=C(Nc1cc2ccccc2cc1C(=O)NC(C(=O)O)C1CCOCC1)Nc1c(Cl)cc(OC(F)(F)F)cc1Cl.[Li+].[OH-]. The summed E-state index contributed by atoms with van der Waals surface area (Å²) in [5, 5.41) is 17.9. The van der Waals surface area contributed by atoms with Gasteiger partial charge in [0.05, 0.1) is 27.0 Å². The molecule has 1 saturated heterocycles. The Hall–Kier alpha value is -3.22. The number of alkyl halides is 3. The molecule has 0 aromatic heterocycles. The van der Waals surface area contributed by atoms with E-state index in [9.17, 15) is 32.7 Å². The van der Waals surface area contributed by atoms with Crippen molar-refractivity contribution >= 4 is 63.3 Å². The summed E-state index contributed by atoms with van der Waals surface area (Å²) in [4.78, 5) is 38.2. The molecule has 17 heteroatoms. The standard InChI is InChI=1S/C26H22Cl2F3N3O6.Li.2H2O/c27-18-11-16(40-26(29,30)31)12-19(28)22(18)34-25(38)32-20-10-15-4-2-1-3-14(15)9-17(20)23(35)33-21(24(36)37)13-5-7-39-8-6-13;;;/h1-4,9-13,21H,5-8H2,(H,33,35)(H,36,37)(H2,32,34,38);;2*1H2/q;+1;;/p-1. The summed E-state index contributed by atoms with van der Waals surface area (Å²) >= 11 is 12.1. The normalized spacial score (nSPS) is 13.8. The Balaban J connectivity index is 0.00000308. The Morgan fingerprint density at radius 3 is 2.07 bits per heavy atom. The number of halogens is 5. The van der Waals surface area contributed by atoms with Crippen LogP contribution in [0, 0.1) is 5.92 Å². The molecule has 11 nitrogen and oxygen atoms in total. The summed E-state index contributed by atoms with van der Waals surface area (Å²) < 4.78 is 46.7. The number of aliphatic carboxylic acids is 1. The van der Waals surface area contributed by atoms with Crippen LogP contribution in [-0.4, -0.2) is 59.6 Å². The van der Waals surface area contributed by atoms with E-state index in [0.29, 0.717) is 36.8 Å². The molecule has 0 bridgehead atoms. The number of rotatable bonds is 7. The van der Waals surface area contributed by atoms with Crippen molar-refractivity contribution in [2.75, 3.05) is 23.8 Å². The first-order valence-electron chi connectivity index (χ1n) is 11.9. The number of nitrogens with one attached hydrogen (secondary N) is 3. The maximum atomic E-state index is 13.3. The van der Waals surface area contributed by atoms with Crippen LogP contribution < -0.4 is 39.5 Å². The molecule has 3 aromatic carbocycles. The van der Waals surface area contributed by atoms with Gasteiger partial charge in [0.1, 0.15) is 11.8 Å². The molecule has 7 N–H and O–H groups in total. The van der Waals surface area contributed by atoms with Gasteiger partial charge >= 0.3 is 37.2 Å². The van der Waals surface area contributed by atoms with Crippen LogP contribution in [-0.2, 0) is 9.53 Å². The van der Waals surface area contributed by atoms with Crippen molar-refractivity contribution in [1.82, 2.24) is 5.32 Å². The van der Waals surface area contributed by atoms with Gasteiger partial charge in [-0.15, -0.1) is 13.2 Å². The average molecular weight is 642 g/mol. The van der Waals surface area contributed by atoms with Crippen molar-refractivity contribution in [2.24, 2.45) is 5.92 Å². The van der Waals surface area contributed by atoms with Gasteiger partial charge in [0.25, 0.3) is 5.91 Å². The number of amides is 3. The van der Waals surface area contributed by atoms with Gasteiger partial charge in [0, 0.05) is 25.3 Å². The third kappa shape index (κ3) is 9.90. The molecule has 1 aliphatic rings. The number of hydrogen-bond donors (Lipinski definition) is 4. The van der Waals surface area contributed by atoms with Gasteiger partial charge in [0.15, 0.2) is 0 Å². The fourth-order valence-corrected chi connectivity index (χ4v) is 4.87. The Kier molecular flexibility index (Phi) is 14.1. The zero-order valence-electron chi connectivity index (χ0n) is 22.4. The largest absolute Gasteiger partial charge is 1.00 e. The minimum atomic E-state index is -4.98. The summed E-state index contributed by atoms with van der Waals surface area (Å²) in [5.74, 6) is -2.96. The number of urea groups is 1. The summed E-state index contributed by atoms with van der Waals surface area (Å²) in [5.41, 5.74) is -0.181. The van der Waals surface area contributed by atoms with E-state index < -0.39 is 36.1 Å². The van der Waals surface area contributed by atoms with Crippen molar-refractivity contribution in [3.63, 3.8) is 0 Å². The monoisotopic (exact) mass is 641 g/mol. The third-order valence-electron chi connectivity index (χ3n) is 6.16. The van der Waals surface area contributed by atoms with Crippen molar-refractivity contribution in [2.45, 2.75) is 25.2 Å². The van der Waals surface area contributed by atoms with E-state index in [0.717, 1.165) is 12.1 Å². The van der Waals surface area contributed by atoms with E-state index in [1.165, 1.54) is 12.1 Å². The second kappa shape index (κ2) is 16.0. The molecular formula is C26H25Cl2F3LiN3O8. The minimum absolute atomic E-state index is 0. The molecule has 3 amide bonds. The van der Waals surface area contributed by atoms with E-state index in [-0.39, 0.29) is 62.7 Å². The van der Waals surface area contributed by atoms with Crippen LogP contribution in [0.15, 0.2) is 48.5 Å². The quantitative estimate of drug-likeness (QED) is 0.285. The maximum Gasteiger partial charge on any atom is 1.00 e. The molecular weight excluding hydrogens is 617 g/mol. The van der Waals surface area contributed by atoms with Gasteiger partial charge < -0.3 is 41.5 Å². The molecule has 0 aliphatic carbocycles. The van der Waals surface area contributed by atoms with Crippen LogP contribution >= 0.6 is 23.2 Å². The van der Waals surface area contributed by atoms with Gasteiger partial charge in [-0.1, -0.05) is 47.5 Å². The zero-order chi connectivity index (χ0) is 29.0. The Morgan fingerprint density at radius 2 is 1.53 bits per heavy atom. The Labute approximate surface area is 264 Å². The predicted octanol–water partition coefficient (Wildman–Crippen LogP) is 2.30. The van der Waals surface area contributed by atoms with Crippen molar-refractivity contribution in [3.05, 3.63) is 64.1 Å². The first-order valence-corrected chi connectivity index (χ1v) is 12.6. The van der Waals surface area contributed by atoms with Crippen LogP contribution in [0.2, 0.25) is 10.0 Å². The topological polar surface area (TPSA) is 187 Å². The second-order valence-electron chi connectivity index (χ2n) is 8.87. The molecule has 1 unspecified atom stereocenters. The van der Waals surface area contributed by atoms with Crippen LogP contribution in [0.25, 0.3) is 10.8 Å².